The van der Waals surface area contributed by atoms with Gasteiger partial charge in [-0.15, -0.1) is 0 Å². The van der Waals surface area contributed by atoms with Crippen LogP contribution in [0.5, 0.6) is 0 Å². The molecule has 0 aromatic heterocycles. The molecule has 1 unspecified atom stereocenters. The van der Waals surface area contributed by atoms with Crippen molar-refractivity contribution in [1.82, 2.24) is 5.32 Å². The van der Waals surface area contributed by atoms with E-state index in [1.165, 1.54) is 12.8 Å². The van der Waals surface area contributed by atoms with Crippen molar-refractivity contribution < 1.29 is 0 Å². The molecule has 80 valence electrons. The molecule has 0 saturated carbocycles. The van der Waals surface area contributed by atoms with Crippen molar-refractivity contribution in [2.24, 2.45) is 17.1 Å². The number of nitrogens with one attached hydrogen (secondary N) is 1. The molecular weight excluding hydrogens is 160 g/mol. The van der Waals surface area contributed by atoms with Crippen molar-refractivity contribution in [3.63, 3.8) is 0 Å². The first-order valence-corrected chi connectivity index (χ1v) is 5.40. The molecule has 0 saturated heterocycles. The maximum Gasteiger partial charge on any atom is -0.000856 e. The molecule has 0 aliphatic heterocycles. The molecule has 2 nitrogen and oxygen atoms in total. The van der Waals surface area contributed by atoms with Gasteiger partial charge in [0, 0.05) is 0 Å². The van der Waals surface area contributed by atoms with Crippen LogP contribution in [0, 0.1) is 11.3 Å². The van der Waals surface area contributed by atoms with Crippen molar-refractivity contribution in [1.29, 1.82) is 0 Å². The van der Waals surface area contributed by atoms with Crippen molar-refractivity contribution in [2.45, 2.75) is 40.5 Å². The maximum absolute atomic E-state index is 5.61. The van der Waals surface area contributed by atoms with Gasteiger partial charge in [-0.05, 0) is 37.4 Å². The Morgan fingerprint density at radius 2 is 1.92 bits per heavy atom. The van der Waals surface area contributed by atoms with Gasteiger partial charge < -0.3 is 11.1 Å². The highest BCUT2D eigenvalue weighted by atomic mass is 14.9. The summed E-state index contributed by atoms with van der Waals surface area (Å²) in [6, 6.07) is 0. The van der Waals surface area contributed by atoms with Crippen LogP contribution in [0.25, 0.3) is 0 Å². The first kappa shape index (κ1) is 12.9. The predicted octanol–water partition coefficient (Wildman–Crippen LogP) is 2.00. The molecule has 0 heterocycles. The summed E-state index contributed by atoms with van der Waals surface area (Å²) >= 11 is 0. The molecule has 0 aliphatic carbocycles. The highest BCUT2D eigenvalue weighted by Gasteiger charge is 2.09. The van der Waals surface area contributed by atoms with Crippen LogP contribution in [0.4, 0.5) is 0 Å². The van der Waals surface area contributed by atoms with Gasteiger partial charge in [0.1, 0.15) is 0 Å². The zero-order valence-corrected chi connectivity index (χ0v) is 9.69. The summed E-state index contributed by atoms with van der Waals surface area (Å²) < 4.78 is 0. The Labute approximate surface area is 83.3 Å². The average molecular weight is 186 g/mol. The van der Waals surface area contributed by atoms with Crippen LogP contribution >= 0.6 is 0 Å². The van der Waals surface area contributed by atoms with Crippen molar-refractivity contribution in [3.05, 3.63) is 0 Å². The fourth-order valence-electron chi connectivity index (χ4n) is 1.16. The van der Waals surface area contributed by atoms with Gasteiger partial charge in [0.15, 0.2) is 0 Å². The second-order valence-electron chi connectivity index (χ2n) is 5.02. The Balaban J connectivity index is 3.34. The van der Waals surface area contributed by atoms with E-state index in [0.717, 1.165) is 19.6 Å². The number of rotatable bonds is 6. The molecule has 0 fully saturated rings. The second kappa shape index (κ2) is 6.39. The predicted molar refractivity (Wildman–Crippen MR) is 59.8 cm³/mol. The molecule has 0 aromatic carbocycles. The molecule has 2 heteroatoms. The Bertz CT molecular complexity index is 112. The highest BCUT2D eigenvalue weighted by Crippen LogP contribution is 2.16. The van der Waals surface area contributed by atoms with Gasteiger partial charge >= 0.3 is 0 Å². The monoisotopic (exact) mass is 186 g/mol. The van der Waals surface area contributed by atoms with Gasteiger partial charge in [-0.2, -0.15) is 0 Å². The van der Waals surface area contributed by atoms with E-state index < -0.39 is 0 Å². The summed E-state index contributed by atoms with van der Waals surface area (Å²) in [5.41, 5.74) is 6.05. The van der Waals surface area contributed by atoms with Crippen LogP contribution in [0.1, 0.15) is 40.5 Å². The van der Waals surface area contributed by atoms with Crippen LogP contribution < -0.4 is 11.1 Å². The smallest absolute Gasteiger partial charge is 0.000856 e. The van der Waals surface area contributed by atoms with Gasteiger partial charge in [-0.3, -0.25) is 0 Å². The van der Waals surface area contributed by atoms with Crippen molar-refractivity contribution in [2.75, 3.05) is 19.6 Å². The first-order chi connectivity index (χ1) is 5.99. The zero-order chi connectivity index (χ0) is 10.3. The van der Waals surface area contributed by atoms with Crippen LogP contribution in [-0.2, 0) is 0 Å². The second-order valence-corrected chi connectivity index (χ2v) is 5.02. The molecule has 0 amide bonds. The lowest BCUT2D eigenvalue weighted by Crippen LogP contribution is -2.29. The Hall–Kier alpha value is -0.0800. The van der Waals surface area contributed by atoms with E-state index in [0.29, 0.717) is 11.3 Å². The van der Waals surface area contributed by atoms with E-state index in [1.807, 2.05) is 0 Å². The van der Waals surface area contributed by atoms with Crippen molar-refractivity contribution >= 4 is 0 Å². The maximum atomic E-state index is 5.61. The molecule has 0 aromatic rings. The molecule has 0 aliphatic rings. The Morgan fingerprint density at radius 3 is 2.31 bits per heavy atom. The highest BCUT2D eigenvalue weighted by molar-refractivity contribution is 4.65. The van der Waals surface area contributed by atoms with Crippen molar-refractivity contribution in [3.8, 4) is 0 Å². The number of hydrogen-bond donors (Lipinski definition) is 2. The average Bonchev–Trinajstić information content (AvgIpc) is 2.03. The molecule has 0 rings (SSSR count). The van der Waals surface area contributed by atoms with Gasteiger partial charge in [-0.1, -0.05) is 34.1 Å². The molecule has 0 spiro atoms. The third kappa shape index (κ3) is 8.26. The quantitative estimate of drug-likeness (QED) is 0.623. The molecule has 1 atom stereocenters. The summed E-state index contributed by atoms with van der Waals surface area (Å²) in [5, 5.41) is 3.46. The van der Waals surface area contributed by atoms with E-state index >= 15 is 0 Å². The van der Waals surface area contributed by atoms with E-state index in [4.69, 9.17) is 5.73 Å². The summed E-state index contributed by atoms with van der Waals surface area (Å²) in [6.45, 7) is 12.0. The Kier molecular flexibility index (Phi) is 6.35. The zero-order valence-electron chi connectivity index (χ0n) is 9.69. The summed E-state index contributed by atoms with van der Waals surface area (Å²) in [6.07, 6.45) is 2.41. The molecular formula is C11H26N2. The van der Waals surface area contributed by atoms with Gasteiger partial charge in [0.25, 0.3) is 0 Å². The van der Waals surface area contributed by atoms with Crippen LogP contribution in [0.2, 0.25) is 0 Å². The van der Waals surface area contributed by atoms with Gasteiger partial charge in [0.05, 0.1) is 0 Å². The summed E-state index contributed by atoms with van der Waals surface area (Å²) in [4.78, 5) is 0. The third-order valence-electron chi connectivity index (χ3n) is 2.40. The number of nitrogens with two attached hydrogens (primary N) is 1. The fourth-order valence-corrected chi connectivity index (χ4v) is 1.16. The molecule has 0 bridgehead atoms. The van der Waals surface area contributed by atoms with Gasteiger partial charge in [-0.25, -0.2) is 0 Å². The summed E-state index contributed by atoms with van der Waals surface area (Å²) in [7, 11) is 0. The standard InChI is InChI=1S/C11H26N2/c1-5-10(8-12)9-13-7-6-11(2,3)4/h10,13H,5-9,12H2,1-4H3. The minimum absolute atomic E-state index is 0.442. The van der Waals surface area contributed by atoms with Gasteiger partial charge in [0.2, 0.25) is 0 Å². The minimum Gasteiger partial charge on any atom is -0.330 e. The lowest BCUT2D eigenvalue weighted by atomic mass is 9.92. The Morgan fingerprint density at radius 1 is 1.31 bits per heavy atom. The van der Waals surface area contributed by atoms with E-state index in [-0.39, 0.29) is 0 Å². The van der Waals surface area contributed by atoms with Crippen LogP contribution in [0.3, 0.4) is 0 Å². The van der Waals surface area contributed by atoms with E-state index in [1.54, 1.807) is 0 Å². The lowest BCUT2D eigenvalue weighted by molar-refractivity contribution is 0.356. The van der Waals surface area contributed by atoms with E-state index in [2.05, 4.69) is 33.0 Å². The first-order valence-electron chi connectivity index (χ1n) is 5.40. The minimum atomic E-state index is 0.442. The van der Waals surface area contributed by atoms with Crippen LogP contribution in [-0.4, -0.2) is 19.6 Å². The molecule has 0 radical (unpaired) electrons. The SMILES string of the molecule is CCC(CN)CNCCC(C)(C)C. The lowest BCUT2D eigenvalue weighted by Gasteiger charge is -2.19. The normalized spacial score (nSPS) is 14.5. The molecule has 3 N–H and O–H groups in total. The molecule has 13 heavy (non-hydrogen) atoms. The summed E-state index contributed by atoms with van der Waals surface area (Å²) in [5.74, 6) is 0.653. The van der Waals surface area contributed by atoms with E-state index in [9.17, 15) is 0 Å². The van der Waals surface area contributed by atoms with Crippen LogP contribution in [0.15, 0.2) is 0 Å². The topological polar surface area (TPSA) is 38.0 Å². The number of hydrogen-bond acceptors (Lipinski definition) is 2. The largest absolute Gasteiger partial charge is 0.330 e. The third-order valence-corrected chi connectivity index (χ3v) is 2.40. The fraction of sp³-hybridized carbons (Fsp3) is 1.00.